The molecule has 1 aromatic rings. The van der Waals surface area contributed by atoms with Crippen molar-refractivity contribution in [3.63, 3.8) is 0 Å². The second-order valence-electron chi connectivity index (χ2n) is 5.26. The van der Waals surface area contributed by atoms with Crippen LogP contribution in [-0.4, -0.2) is 41.6 Å². The molecule has 1 amide bonds. The fourth-order valence-corrected chi connectivity index (χ4v) is 2.68. The van der Waals surface area contributed by atoms with Gasteiger partial charge in [0.15, 0.2) is 0 Å². The van der Waals surface area contributed by atoms with Crippen molar-refractivity contribution >= 4 is 11.9 Å². The summed E-state index contributed by atoms with van der Waals surface area (Å²) in [6.07, 6.45) is 1.68. The summed E-state index contributed by atoms with van der Waals surface area (Å²) in [4.78, 5) is 25.1. The Morgan fingerprint density at radius 3 is 2.57 bits per heavy atom. The summed E-state index contributed by atoms with van der Waals surface area (Å²) in [5.74, 6) is -0.0133. The average Bonchev–Trinajstić information content (AvgIpc) is 2.48. The molecule has 0 radical (unpaired) electrons. The van der Waals surface area contributed by atoms with Crippen molar-refractivity contribution in [2.75, 3.05) is 19.7 Å². The number of benzene rings is 1. The van der Waals surface area contributed by atoms with E-state index < -0.39 is 5.97 Å². The summed E-state index contributed by atoms with van der Waals surface area (Å²) >= 11 is 0. The third-order valence-electron chi connectivity index (χ3n) is 3.78. The number of hydrogen-bond acceptors (Lipinski definition) is 3. The summed E-state index contributed by atoms with van der Waals surface area (Å²) in [6, 6.07) is 7.25. The van der Waals surface area contributed by atoms with Gasteiger partial charge in [0, 0.05) is 19.5 Å². The standard InChI is InChI=1S/C16H21NO4/c1-2-21-14-6-4-3-5-13(14)16(20)17-9-7-12(8-10-17)11-15(18)19/h3-6,12H,2,7-11H2,1H3,(H,18,19). The molecule has 114 valence electrons. The minimum Gasteiger partial charge on any atom is -0.493 e. The van der Waals surface area contributed by atoms with Gasteiger partial charge in [0.2, 0.25) is 0 Å². The predicted octanol–water partition coefficient (Wildman–Crippen LogP) is 2.41. The average molecular weight is 291 g/mol. The fraction of sp³-hybridized carbons (Fsp3) is 0.500. The molecule has 5 nitrogen and oxygen atoms in total. The van der Waals surface area contributed by atoms with Crippen molar-refractivity contribution in [2.45, 2.75) is 26.2 Å². The lowest BCUT2D eigenvalue weighted by molar-refractivity contribution is -0.138. The number of carboxylic acid groups (broad SMARTS) is 1. The van der Waals surface area contributed by atoms with Gasteiger partial charge in [-0.15, -0.1) is 0 Å². The van der Waals surface area contributed by atoms with Gasteiger partial charge in [0.05, 0.1) is 12.2 Å². The van der Waals surface area contributed by atoms with Crippen LogP contribution in [0.4, 0.5) is 0 Å². The Hall–Kier alpha value is -2.04. The van der Waals surface area contributed by atoms with E-state index in [0.717, 1.165) is 12.8 Å². The van der Waals surface area contributed by atoms with Crippen molar-refractivity contribution < 1.29 is 19.4 Å². The van der Waals surface area contributed by atoms with Crippen LogP contribution in [0.25, 0.3) is 0 Å². The van der Waals surface area contributed by atoms with Gasteiger partial charge in [0.25, 0.3) is 5.91 Å². The van der Waals surface area contributed by atoms with E-state index >= 15 is 0 Å². The van der Waals surface area contributed by atoms with E-state index in [9.17, 15) is 9.59 Å². The Labute approximate surface area is 124 Å². The van der Waals surface area contributed by atoms with Crippen molar-refractivity contribution in [3.8, 4) is 5.75 Å². The highest BCUT2D eigenvalue weighted by Crippen LogP contribution is 2.25. The van der Waals surface area contributed by atoms with Crippen molar-refractivity contribution in [1.82, 2.24) is 4.90 Å². The van der Waals surface area contributed by atoms with Crippen LogP contribution in [0.3, 0.4) is 0 Å². The number of carbonyl (C=O) groups is 2. The molecule has 0 aliphatic carbocycles. The van der Waals surface area contributed by atoms with E-state index in [1.165, 1.54) is 0 Å². The van der Waals surface area contributed by atoms with E-state index in [2.05, 4.69) is 0 Å². The Bertz CT molecular complexity index is 507. The maximum Gasteiger partial charge on any atom is 0.303 e. The summed E-state index contributed by atoms with van der Waals surface area (Å²) in [6.45, 7) is 3.62. The zero-order chi connectivity index (χ0) is 15.2. The lowest BCUT2D eigenvalue weighted by Crippen LogP contribution is -2.39. The summed E-state index contributed by atoms with van der Waals surface area (Å²) in [5, 5.41) is 8.82. The molecule has 0 bridgehead atoms. The highest BCUT2D eigenvalue weighted by atomic mass is 16.5. The first-order chi connectivity index (χ1) is 10.1. The first-order valence-electron chi connectivity index (χ1n) is 7.34. The van der Waals surface area contributed by atoms with Gasteiger partial charge in [-0.3, -0.25) is 9.59 Å². The predicted molar refractivity (Wildman–Crippen MR) is 78.5 cm³/mol. The molecule has 0 aromatic heterocycles. The van der Waals surface area contributed by atoms with Gasteiger partial charge < -0.3 is 14.7 Å². The Balaban J connectivity index is 2.00. The van der Waals surface area contributed by atoms with E-state index in [1.54, 1.807) is 17.0 Å². The molecular weight excluding hydrogens is 270 g/mol. The van der Waals surface area contributed by atoms with Gasteiger partial charge in [-0.25, -0.2) is 0 Å². The van der Waals surface area contributed by atoms with Gasteiger partial charge in [-0.2, -0.15) is 0 Å². The molecule has 1 aromatic carbocycles. The van der Waals surface area contributed by atoms with Crippen LogP contribution in [0, 0.1) is 5.92 Å². The van der Waals surface area contributed by atoms with Gasteiger partial charge >= 0.3 is 5.97 Å². The lowest BCUT2D eigenvalue weighted by Gasteiger charge is -2.31. The highest BCUT2D eigenvalue weighted by molar-refractivity contribution is 5.97. The summed E-state index contributed by atoms with van der Waals surface area (Å²) in [7, 11) is 0. The van der Waals surface area contributed by atoms with E-state index in [4.69, 9.17) is 9.84 Å². The van der Waals surface area contributed by atoms with Crippen molar-refractivity contribution in [3.05, 3.63) is 29.8 Å². The summed E-state index contributed by atoms with van der Waals surface area (Å²) < 4.78 is 5.50. The molecule has 1 aliphatic rings. The third-order valence-corrected chi connectivity index (χ3v) is 3.78. The van der Waals surface area contributed by atoms with Crippen molar-refractivity contribution in [2.24, 2.45) is 5.92 Å². The quantitative estimate of drug-likeness (QED) is 0.904. The second kappa shape index (κ2) is 7.11. The Morgan fingerprint density at radius 2 is 1.95 bits per heavy atom. The normalized spacial score (nSPS) is 15.8. The number of likely N-dealkylation sites (tertiary alicyclic amines) is 1. The number of hydrogen-bond donors (Lipinski definition) is 1. The highest BCUT2D eigenvalue weighted by Gasteiger charge is 2.26. The maximum atomic E-state index is 12.6. The second-order valence-corrected chi connectivity index (χ2v) is 5.26. The molecule has 5 heteroatoms. The number of carbonyl (C=O) groups excluding carboxylic acids is 1. The third kappa shape index (κ3) is 3.97. The molecule has 21 heavy (non-hydrogen) atoms. The number of carboxylic acids is 1. The van der Waals surface area contributed by atoms with Gasteiger partial charge in [-0.05, 0) is 37.8 Å². The minimum absolute atomic E-state index is 0.0344. The van der Waals surface area contributed by atoms with Crippen LogP contribution in [-0.2, 0) is 4.79 Å². The SMILES string of the molecule is CCOc1ccccc1C(=O)N1CCC(CC(=O)O)CC1. The zero-order valence-electron chi connectivity index (χ0n) is 12.2. The molecule has 0 unspecified atom stereocenters. The van der Waals surface area contributed by atoms with E-state index in [-0.39, 0.29) is 18.2 Å². The van der Waals surface area contributed by atoms with Crippen LogP contribution in [0.1, 0.15) is 36.5 Å². The molecule has 0 saturated carbocycles. The molecule has 1 aliphatic heterocycles. The molecule has 1 N–H and O–H groups in total. The zero-order valence-corrected chi connectivity index (χ0v) is 12.2. The monoisotopic (exact) mass is 291 g/mol. The number of rotatable bonds is 5. The fourth-order valence-electron chi connectivity index (χ4n) is 2.68. The molecular formula is C16H21NO4. The molecule has 1 heterocycles. The van der Waals surface area contributed by atoms with Gasteiger partial charge in [-0.1, -0.05) is 12.1 Å². The van der Waals surface area contributed by atoms with E-state index in [1.807, 2.05) is 19.1 Å². The topological polar surface area (TPSA) is 66.8 Å². The molecule has 0 spiro atoms. The Morgan fingerprint density at radius 1 is 1.29 bits per heavy atom. The molecule has 0 atom stereocenters. The van der Waals surface area contributed by atoms with Crippen LogP contribution >= 0.6 is 0 Å². The smallest absolute Gasteiger partial charge is 0.303 e. The number of aliphatic carboxylic acids is 1. The number of nitrogens with zero attached hydrogens (tertiary/aromatic N) is 1. The van der Waals surface area contributed by atoms with E-state index in [0.29, 0.717) is 31.0 Å². The van der Waals surface area contributed by atoms with Crippen LogP contribution < -0.4 is 4.74 Å². The molecule has 1 saturated heterocycles. The van der Waals surface area contributed by atoms with Gasteiger partial charge in [0.1, 0.15) is 5.75 Å². The first kappa shape index (κ1) is 15.4. The minimum atomic E-state index is -0.763. The maximum absolute atomic E-state index is 12.6. The van der Waals surface area contributed by atoms with Crippen molar-refractivity contribution in [1.29, 1.82) is 0 Å². The number of ether oxygens (including phenoxy) is 1. The van der Waals surface area contributed by atoms with Crippen LogP contribution in [0.2, 0.25) is 0 Å². The summed E-state index contributed by atoms with van der Waals surface area (Å²) in [5.41, 5.74) is 0.580. The molecule has 2 rings (SSSR count). The number of piperidine rings is 1. The Kier molecular flexibility index (Phi) is 5.20. The lowest BCUT2D eigenvalue weighted by atomic mass is 9.93. The van der Waals surface area contributed by atoms with Crippen LogP contribution in [0.5, 0.6) is 5.75 Å². The van der Waals surface area contributed by atoms with Crippen LogP contribution in [0.15, 0.2) is 24.3 Å². The number of amides is 1. The molecule has 1 fully saturated rings. The first-order valence-corrected chi connectivity index (χ1v) is 7.34. The number of para-hydroxylation sites is 1. The largest absolute Gasteiger partial charge is 0.493 e.